The van der Waals surface area contributed by atoms with Crippen molar-refractivity contribution in [2.45, 2.75) is 25.8 Å². The average Bonchev–Trinajstić information content (AvgIpc) is 2.80. The van der Waals surface area contributed by atoms with Crippen LogP contribution in [0.1, 0.15) is 40.5 Å². The molecule has 0 bridgehead atoms. The van der Waals surface area contributed by atoms with Gasteiger partial charge in [0.05, 0.1) is 24.4 Å². The Morgan fingerprint density at radius 1 is 1.52 bits per heavy atom. The van der Waals surface area contributed by atoms with Crippen LogP contribution in [0.3, 0.4) is 0 Å². The van der Waals surface area contributed by atoms with E-state index in [1.165, 1.54) is 18.3 Å². The van der Waals surface area contributed by atoms with Crippen LogP contribution in [-0.2, 0) is 0 Å². The number of aromatic nitrogens is 2. The summed E-state index contributed by atoms with van der Waals surface area (Å²) in [5.41, 5.74) is 1.89. The van der Waals surface area contributed by atoms with Crippen molar-refractivity contribution in [3.63, 3.8) is 0 Å². The highest BCUT2D eigenvalue weighted by Crippen LogP contribution is 2.32. The molecule has 0 saturated carbocycles. The minimum atomic E-state index is -0.335. The summed E-state index contributed by atoms with van der Waals surface area (Å²) in [5.74, 6) is 0.0736. The Morgan fingerprint density at radius 2 is 2.38 bits per heavy atom. The fourth-order valence-corrected chi connectivity index (χ4v) is 2.51. The lowest BCUT2D eigenvalue weighted by atomic mass is 10.0. The molecule has 1 unspecified atom stereocenters. The van der Waals surface area contributed by atoms with Crippen molar-refractivity contribution in [1.82, 2.24) is 15.5 Å². The number of amides is 1. The number of aryl methyl sites for hydroxylation is 1. The summed E-state index contributed by atoms with van der Waals surface area (Å²) >= 11 is 0. The van der Waals surface area contributed by atoms with E-state index in [4.69, 9.17) is 4.74 Å². The highest BCUT2D eigenvalue weighted by atomic mass is 19.1. The topological polar surface area (TPSA) is 67.0 Å². The van der Waals surface area contributed by atoms with Gasteiger partial charge in [-0.05, 0) is 38.0 Å². The van der Waals surface area contributed by atoms with E-state index in [1.54, 1.807) is 13.0 Å². The van der Waals surface area contributed by atoms with Crippen LogP contribution in [0.5, 0.6) is 5.75 Å². The van der Waals surface area contributed by atoms with Gasteiger partial charge in [-0.15, -0.1) is 0 Å². The van der Waals surface area contributed by atoms with Crippen molar-refractivity contribution in [3.05, 3.63) is 47.0 Å². The van der Waals surface area contributed by atoms with E-state index < -0.39 is 0 Å². The summed E-state index contributed by atoms with van der Waals surface area (Å²) in [6, 6.07) is 4.13. The minimum Gasteiger partial charge on any atom is -0.493 e. The molecule has 6 heteroatoms. The number of fused-ring (bicyclic) bond motifs is 1. The molecule has 1 amide bonds. The molecule has 1 aromatic heterocycles. The first-order valence-corrected chi connectivity index (χ1v) is 6.88. The predicted molar refractivity (Wildman–Crippen MR) is 74.7 cm³/mol. The van der Waals surface area contributed by atoms with Crippen LogP contribution in [0.2, 0.25) is 0 Å². The summed E-state index contributed by atoms with van der Waals surface area (Å²) in [6.07, 6.45) is 3.00. The van der Waals surface area contributed by atoms with E-state index in [0.717, 1.165) is 6.42 Å². The monoisotopic (exact) mass is 289 g/mol. The highest BCUT2D eigenvalue weighted by molar-refractivity contribution is 5.95. The summed E-state index contributed by atoms with van der Waals surface area (Å²) in [4.78, 5) is 12.3. The molecule has 0 aliphatic carbocycles. The van der Waals surface area contributed by atoms with Gasteiger partial charge in [0.1, 0.15) is 11.6 Å². The zero-order valence-electron chi connectivity index (χ0n) is 11.6. The molecule has 0 spiro atoms. The number of nitrogens with one attached hydrogen (secondary N) is 2. The lowest BCUT2D eigenvalue weighted by Gasteiger charge is -2.18. The Bertz CT molecular complexity index is 669. The standard InChI is InChI=1S/C15H16FN3O2/c1-9-12(8-17-19-9)15(20)18-13-3-2-6-21-14-5-4-10(16)7-11(13)14/h4-5,7-8,13H,2-3,6H2,1H3,(H,17,19)(H,18,20). The second-order valence-electron chi connectivity index (χ2n) is 5.11. The van der Waals surface area contributed by atoms with E-state index >= 15 is 0 Å². The number of rotatable bonds is 2. The molecule has 1 atom stereocenters. The Labute approximate surface area is 121 Å². The van der Waals surface area contributed by atoms with Crippen molar-refractivity contribution in [1.29, 1.82) is 0 Å². The van der Waals surface area contributed by atoms with E-state index in [0.29, 0.717) is 35.6 Å². The zero-order valence-corrected chi connectivity index (χ0v) is 11.6. The molecule has 3 rings (SSSR count). The number of ether oxygens (including phenoxy) is 1. The quantitative estimate of drug-likeness (QED) is 0.892. The third-order valence-corrected chi connectivity index (χ3v) is 3.62. The largest absolute Gasteiger partial charge is 0.493 e. The Morgan fingerprint density at radius 3 is 3.14 bits per heavy atom. The molecule has 5 nitrogen and oxygen atoms in total. The maximum absolute atomic E-state index is 13.5. The maximum atomic E-state index is 13.5. The molecule has 1 aromatic carbocycles. The molecule has 21 heavy (non-hydrogen) atoms. The lowest BCUT2D eigenvalue weighted by Crippen LogP contribution is -2.28. The summed E-state index contributed by atoms with van der Waals surface area (Å²) in [6.45, 7) is 2.35. The number of carbonyl (C=O) groups is 1. The van der Waals surface area contributed by atoms with Gasteiger partial charge in [0, 0.05) is 11.3 Å². The summed E-state index contributed by atoms with van der Waals surface area (Å²) in [7, 11) is 0. The van der Waals surface area contributed by atoms with Gasteiger partial charge in [0.15, 0.2) is 0 Å². The second kappa shape index (κ2) is 5.55. The van der Waals surface area contributed by atoms with Gasteiger partial charge in [0.2, 0.25) is 0 Å². The molecule has 1 aliphatic heterocycles. The minimum absolute atomic E-state index is 0.219. The Hall–Kier alpha value is -2.37. The van der Waals surface area contributed by atoms with Crippen LogP contribution in [0.25, 0.3) is 0 Å². The number of hydrogen-bond donors (Lipinski definition) is 2. The number of nitrogens with zero attached hydrogens (tertiary/aromatic N) is 1. The smallest absolute Gasteiger partial charge is 0.255 e. The first-order valence-electron chi connectivity index (χ1n) is 6.88. The number of hydrogen-bond acceptors (Lipinski definition) is 3. The van der Waals surface area contributed by atoms with Gasteiger partial charge >= 0.3 is 0 Å². The highest BCUT2D eigenvalue weighted by Gasteiger charge is 2.23. The fourth-order valence-electron chi connectivity index (χ4n) is 2.51. The molecule has 2 heterocycles. The van der Waals surface area contributed by atoms with Crippen molar-refractivity contribution < 1.29 is 13.9 Å². The van der Waals surface area contributed by atoms with Crippen molar-refractivity contribution in [3.8, 4) is 5.75 Å². The van der Waals surface area contributed by atoms with Crippen molar-refractivity contribution in [2.75, 3.05) is 6.61 Å². The zero-order chi connectivity index (χ0) is 14.8. The molecule has 0 saturated heterocycles. The average molecular weight is 289 g/mol. The molecule has 110 valence electrons. The van der Waals surface area contributed by atoms with Gasteiger partial charge in [-0.25, -0.2) is 4.39 Å². The van der Waals surface area contributed by atoms with Gasteiger partial charge in [0.25, 0.3) is 5.91 Å². The number of H-pyrrole nitrogens is 1. The van der Waals surface area contributed by atoms with Gasteiger partial charge < -0.3 is 10.1 Å². The van der Waals surface area contributed by atoms with Crippen LogP contribution < -0.4 is 10.1 Å². The van der Waals surface area contributed by atoms with E-state index in [2.05, 4.69) is 15.5 Å². The molecular formula is C15H16FN3O2. The molecule has 1 aliphatic rings. The molecule has 2 aromatic rings. The van der Waals surface area contributed by atoms with E-state index in [1.807, 2.05) is 0 Å². The number of carbonyl (C=O) groups excluding carboxylic acids is 1. The number of benzene rings is 1. The molecular weight excluding hydrogens is 273 g/mol. The van der Waals surface area contributed by atoms with Crippen LogP contribution in [0.15, 0.2) is 24.4 Å². The third-order valence-electron chi connectivity index (χ3n) is 3.62. The van der Waals surface area contributed by atoms with Crippen LogP contribution in [0.4, 0.5) is 4.39 Å². The van der Waals surface area contributed by atoms with Gasteiger partial charge in [-0.3, -0.25) is 9.89 Å². The Kier molecular flexibility index (Phi) is 3.60. The van der Waals surface area contributed by atoms with E-state index in [-0.39, 0.29) is 17.8 Å². The Balaban J connectivity index is 1.87. The fraction of sp³-hybridized carbons (Fsp3) is 0.333. The summed E-state index contributed by atoms with van der Waals surface area (Å²) in [5, 5.41) is 9.51. The first-order chi connectivity index (χ1) is 10.1. The molecule has 0 radical (unpaired) electrons. The van der Waals surface area contributed by atoms with Gasteiger partial charge in [-0.2, -0.15) is 5.10 Å². The summed E-state index contributed by atoms with van der Waals surface area (Å²) < 4.78 is 19.1. The molecule has 2 N–H and O–H groups in total. The second-order valence-corrected chi connectivity index (χ2v) is 5.11. The lowest BCUT2D eigenvalue weighted by molar-refractivity contribution is 0.0934. The maximum Gasteiger partial charge on any atom is 0.255 e. The third kappa shape index (κ3) is 2.74. The number of halogens is 1. The van der Waals surface area contributed by atoms with Crippen LogP contribution >= 0.6 is 0 Å². The van der Waals surface area contributed by atoms with Crippen LogP contribution in [0, 0.1) is 12.7 Å². The van der Waals surface area contributed by atoms with Crippen LogP contribution in [-0.4, -0.2) is 22.7 Å². The normalized spacial score (nSPS) is 17.5. The SMILES string of the molecule is Cc1[nH]ncc1C(=O)NC1CCCOc2ccc(F)cc21. The van der Waals surface area contributed by atoms with Gasteiger partial charge in [-0.1, -0.05) is 0 Å². The van der Waals surface area contributed by atoms with Crippen molar-refractivity contribution >= 4 is 5.91 Å². The number of aromatic amines is 1. The molecule has 0 fully saturated rings. The van der Waals surface area contributed by atoms with E-state index in [9.17, 15) is 9.18 Å². The predicted octanol–water partition coefficient (Wildman–Crippen LogP) is 2.50. The van der Waals surface area contributed by atoms with Crippen molar-refractivity contribution in [2.24, 2.45) is 0 Å². The first kappa shape index (κ1) is 13.6.